The Morgan fingerprint density at radius 3 is 2.66 bits per heavy atom. The van der Waals surface area contributed by atoms with Gasteiger partial charge in [0.1, 0.15) is 22.1 Å². The number of carboxylic acids is 1. The number of nitrogens with one attached hydrogen (secondary N) is 1. The van der Waals surface area contributed by atoms with Crippen LogP contribution in [0, 0.1) is 6.92 Å². The third-order valence-electron chi connectivity index (χ3n) is 5.77. The molecule has 2 amide bonds. The van der Waals surface area contributed by atoms with E-state index in [2.05, 4.69) is 15.5 Å². The molecule has 9 nitrogen and oxygen atoms in total. The van der Waals surface area contributed by atoms with Crippen molar-refractivity contribution in [1.29, 1.82) is 0 Å². The second-order valence-electron chi connectivity index (χ2n) is 7.88. The maximum atomic E-state index is 12.8. The highest BCUT2D eigenvalue weighted by molar-refractivity contribution is 8.01. The highest BCUT2D eigenvalue weighted by atomic mass is 32.2. The molecule has 12 heteroatoms. The average molecular weight is 496 g/mol. The zero-order chi connectivity index (χ0) is 22.8. The van der Waals surface area contributed by atoms with Crippen LogP contribution in [0.1, 0.15) is 37.1 Å². The molecule has 1 aliphatic carbocycles. The Morgan fingerprint density at radius 2 is 2.00 bits per heavy atom. The van der Waals surface area contributed by atoms with Crippen molar-refractivity contribution in [2.75, 3.05) is 18.1 Å². The highest BCUT2D eigenvalue weighted by Gasteiger charge is 2.54. The summed E-state index contributed by atoms with van der Waals surface area (Å²) in [4.78, 5) is 38.7. The SMILES string of the molecule is Cc1nnc(SCC2=C(C(=O)O)N3C(=O)C(NC(=O)CC4=C(CN)CCCC4)[C@@H]3SC2)s1. The summed E-state index contributed by atoms with van der Waals surface area (Å²) in [7, 11) is 0. The summed E-state index contributed by atoms with van der Waals surface area (Å²) in [6, 6.07) is -0.701. The first kappa shape index (κ1) is 23.3. The fourth-order valence-electron chi connectivity index (χ4n) is 4.19. The van der Waals surface area contributed by atoms with E-state index in [0.29, 0.717) is 23.6 Å². The molecular weight excluding hydrogens is 470 g/mol. The number of carbonyl (C=O) groups excluding carboxylic acids is 2. The Kier molecular flexibility index (Phi) is 7.23. The molecule has 3 aliphatic rings. The van der Waals surface area contributed by atoms with E-state index in [1.54, 1.807) is 0 Å². The number of thioether (sulfide) groups is 2. The summed E-state index contributed by atoms with van der Waals surface area (Å²) in [6.07, 6.45) is 4.18. The van der Waals surface area contributed by atoms with E-state index in [-0.39, 0.29) is 23.9 Å². The third kappa shape index (κ3) is 4.73. The first-order chi connectivity index (χ1) is 15.4. The summed E-state index contributed by atoms with van der Waals surface area (Å²) in [5.41, 5.74) is 8.74. The predicted molar refractivity (Wildman–Crippen MR) is 124 cm³/mol. The van der Waals surface area contributed by atoms with Gasteiger partial charge in [0.2, 0.25) is 5.91 Å². The number of aromatic nitrogens is 2. The number of hydrogen-bond donors (Lipinski definition) is 3. The van der Waals surface area contributed by atoms with Gasteiger partial charge in [0, 0.05) is 24.5 Å². The Labute approximate surface area is 198 Å². The van der Waals surface area contributed by atoms with Crippen LogP contribution in [0.25, 0.3) is 0 Å². The van der Waals surface area contributed by atoms with Crippen LogP contribution < -0.4 is 11.1 Å². The van der Waals surface area contributed by atoms with Crippen LogP contribution in [0.4, 0.5) is 0 Å². The molecule has 0 spiro atoms. The van der Waals surface area contributed by atoms with E-state index in [1.165, 1.54) is 39.8 Å². The lowest BCUT2D eigenvalue weighted by atomic mass is 9.89. The minimum atomic E-state index is -1.13. The molecule has 1 saturated heterocycles. The van der Waals surface area contributed by atoms with Crippen molar-refractivity contribution in [1.82, 2.24) is 20.4 Å². The number of aryl methyl sites for hydroxylation is 1. The largest absolute Gasteiger partial charge is 0.477 e. The fraction of sp³-hybridized carbons (Fsp3) is 0.550. The second kappa shape index (κ2) is 9.94. The van der Waals surface area contributed by atoms with Crippen molar-refractivity contribution >= 4 is 52.6 Å². The molecular formula is C20H25N5O4S3. The van der Waals surface area contributed by atoms with Gasteiger partial charge in [0.15, 0.2) is 4.34 Å². The van der Waals surface area contributed by atoms with E-state index in [9.17, 15) is 19.5 Å². The maximum Gasteiger partial charge on any atom is 0.352 e. The van der Waals surface area contributed by atoms with E-state index >= 15 is 0 Å². The molecule has 32 heavy (non-hydrogen) atoms. The molecule has 0 saturated carbocycles. The van der Waals surface area contributed by atoms with Gasteiger partial charge in [-0.2, -0.15) is 0 Å². The lowest BCUT2D eigenvalue weighted by Crippen LogP contribution is -2.70. The summed E-state index contributed by atoms with van der Waals surface area (Å²) < 4.78 is 0.765. The van der Waals surface area contributed by atoms with E-state index in [4.69, 9.17) is 5.73 Å². The van der Waals surface area contributed by atoms with Gasteiger partial charge in [0.05, 0.1) is 0 Å². The van der Waals surface area contributed by atoms with Crippen LogP contribution in [0.5, 0.6) is 0 Å². The summed E-state index contributed by atoms with van der Waals surface area (Å²) in [5.74, 6) is -0.806. The number of nitrogens with zero attached hydrogens (tertiary/aromatic N) is 3. The zero-order valence-corrected chi connectivity index (χ0v) is 20.1. The van der Waals surface area contributed by atoms with Crippen LogP contribution in [0.2, 0.25) is 0 Å². The predicted octanol–water partition coefficient (Wildman–Crippen LogP) is 1.90. The number of carboxylic acid groups (broad SMARTS) is 1. The van der Waals surface area contributed by atoms with Crippen LogP contribution >= 0.6 is 34.9 Å². The molecule has 1 aromatic heterocycles. The van der Waals surface area contributed by atoms with Gasteiger partial charge < -0.3 is 16.2 Å². The van der Waals surface area contributed by atoms with Crippen LogP contribution in [-0.4, -0.2) is 67.5 Å². The quantitative estimate of drug-likeness (QED) is 0.280. The molecule has 0 radical (unpaired) electrons. The number of carbonyl (C=O) groups is 3. The van der Waals surface area contributed by atoms with Gasteiger partial charge in [-0.05, 0) is 38.2 Å². The fourth-order valence-corrected chi connectivity index (χ4v) is 7.49. The van der Waals surface area contributed by atoms with Crippen molar-refractivity contribution in [2.24, 2.45) is 5.73 Å². The Balaban J connectivity index is 1.42. The first-order valence-corrected chi connectivity index (χ1v) is 13.3. The first-order valence-electron chi connectivity index (χ1n) is 10.4. The van der Waals surface area contributed by atoms with Gasteiger partial charge in [-0.25, -0.2) is 4.79 Å². The van der Waals surface area contributed by atoms with Crippen LogP contribution in [0.15, 0.2) is 26.8 Å². The minimum absolute atomic E-state index is 0.0263. The van der Waals surface area contributed by atoms with Crippen LogP contribution in [0.3, 0.4) is 0 Å². The van der Waals surface area contributed by atoms with Crippen molar-refractivity contribution in [3.63, 3.8) is 0 Å². The van der Waals surface area contributed by atoms with E-state index < -0.39 is 17.4 Å². The van der Waals surface area contributed by atoms with Crippen molar-refractivity contribution in [3.05, 3.63) is 27.4 Å². The lowest BCUT2D eigenvalue weighted by molar-refractivity contribution is -0.150. The molecule has 2 atom stereocenters. The number of fused-ring (bicyclic) bond motifs is 1. The molecule has 4 rings (SSSR count). The molecule has 1 fully saturated rings. The molecule has 172 valence electrons. The summed E-state index contributed by atoms with van der Waals surface area (Å²) in [6.45, 7) is 2.32. The Hall–Kier alpha value is -1.89. The molecule has 2 aliphatic heterocycles. The van der Waals surface area contributed by atoms with Gasteiger partial charge in [-0.1, -0.05) is 34.2 Å². The monoisotopic (exact) mass is 495 g/mol. The Morgan fingerprint density at radius 1 is 1.25 bits per heavy atom. The topological polar surface area (TPSA) is 139 Å². The number of hydrogen-bond acceptors (Lipinski definition) is 9. The molecule has 0 aromatic carbocycles. The lowest BCUT2D eigenvalue weighted by Gasteiger charge is -2.49. The van der Waals surface area contributed by atoms with Crippen molar-refractivity contribution in [2.45, 2.75) is 54.8 Å². The zero-order valence-electron chi connectivity index (χ0n) is 17.6. The van der Waals surface area contributed by atoms with Crippen molar-refractivity contribution in [3.8, 4) is 0 Å². The van der Waals surface area contributed by atoms with Crippen molar-refractivity contribution < 1.29 is 19.5 Å². The standard InChI is InChI=1S/C20H25N5O4S3/c1-10-23-24-20(32-10)31-9-13-8-30-18-15(17(27)25(18)16(13)19(28)29)22-14(26)6-11-4-2-3-5-12(11)7-21/h15,18H,2-9,21H2,1H3,(H,22,26)(H,28,29)/t15?,18-/m0/s1. The highest BCUT2D eigenvalue weighted by Crippen LogP contribution is 2.42. The number of nitrogens with two attached hydrogens (primary N) is 1. The maximum absolute atomic E-state index is 12.8. The van der Waals surface area contributed by atoms with Gasteiger partial charge in [-0.15, -0.1) is 22.0 Å². The smallest absolute Gasteiger partial charge is 0.352 e. The van der Waals surface area contributed by atoms with Gasteiger partial charge in [0.25, 0.3) is 5.91 Å². The number of aliphatic carboxylic acids is 1. The van der Waals surface area contributed by atoms with Gasteiger partial charge >= 0.3 is 5.97 Å². The Bertz CT molecular complexity index is 1010. The third-order valence-corrected chi connectivity index (χ3v) is 9.17. The van der Waals surface area contributed by atoms with Gasteiger partial charge in [-0.3, -0.25) is 14.5 Å². The molecule has 4 N–H and O–H groups in total. The number of rotatable bonds is 8. The molecule has 0 bridgehead atoms. The summed E-state index contributed by atoms with van der Waals surface area (Å²) >= 11 is 4.35. The van der Waals surface area contributed by atoms with E-state index in [1.807, 2.05) is 6.92 Å². The minimum Gasteiger partial charge on any atom is -0.477 e. The normalized spacial score (nSPS) is 23.2. The van der Waals surface area contributed by atoms with E-state index in [0.717, 1.165) is 46.2 Å². The molecule has 1 aromatic rings. The van der Waals surface area contributed by atoms with Crippen LogP contribution in [-0.2, 0) is 14.4 Å². The summed E-state index contributed by atoms with van der Waals surface area (Å²) in [5, 5.41) is 21.1. The number of amides is 2. The average Bonchev–Trinajstić information content (AvgIpc) is 3.20. The number of β-lactam (4-membered cyclic amide) rings is 1. The molecule has 1 unspecified atom stereocenters. The second-order valence-corrected chi connectivity index (χ2v) is 11.4. The molecule has 3 heterocycles.